The number of hydrogen-bond acceptors (Lipinski definition) is 5. The van der Waals surface area contributed by atoms with Gasteiger partial charge in [0.15, 0.2) is 0 Å². The van der Waals surface area contributed by atoms with Gasteiger partial charge in [-0.2, -0.15) is 5.26 Å². The summed E-state index contributed by atoms with van der Waals surface area (Å²) in [6, 6.07) is 19.2. The van der Waals surface area contributed by atoms with E-state index in [0.29, 0.717) is 22.9 Å². The topological polar surface area (TPSA) is 86.3 Å². The summed E-state index contributed by atoms with van der Waals surface area (Å²) in [4.78, 5) is 28.1. The summed E-state index contributed by atoms with van der Waals surface area (Å²) in [5.74, 6) is -0.105. The van der Waals surface area contributed by atoms with E-state index < -0.39 is 11.2 Å². The molecule has 1 aliphatic rings. The Morgan fingerprint density at radius 1 is 1.09 bits per heavy atom. The van der Waals surface area contributed by atoms with Gasteiger partial charge in [0.1, 0.15) is 22.4 Å². The number of nitrogens with one attached hydrogen (secondary N) is 1. The molecular weight excluding hydrogens is 446 g/mol. The lowest BCUT2D eigenvalue weighted by Crippen LogP contribution is -2.32. The standard InChI is InChI=1S/C27H25N3O3S/c1-17-10-11-21(13-19(17)3)30-26(32)24(14-20-8-5-4-7-18(20)2)34-27(30)23(15-28)25(31)29-16-22-9-6-12-33-22/h4-13,24H,14,16H2,1-3H3,(H,29,31)/b27-23-. The van der Waals surface area contributed by atoms with Gasteiger partial charge in [-0.15, -0.1) is 0 Å². The molecule has 1 atom stereocenters. The predicted molar refractivity (Wildman–Crippen MR) is 133 cm³/mol. The summed E-state index contributed by atoms with van der Waals surface area (Å²) in [7, 11) is 0. The summed E-state index contributed by atoms with van der Waals surface area (Å²) in [6.45, 7) is 6.14. The number of nitrogens with zero attached hydrogens (tertiary/aromatic N) is 2. The first-order valence-electron chi connectivity index (χ1n) is 11.0. The Labute approximate surface area is 203 Å². The molecule has 1 saturated heterocycles. The van der Waals surface area contributed by atoms with Gasteiger partial charge in [0.2, 0.25) is 5.91 Å². The van der Waals surface area contributed by atoms with Crippen LogP contribution >= 0.6 is 11.8 Å². The van der Waals surface area contributed by atoms with Crippen LogP contribution in [0.2, 0.25) is 0 Å². The third-order valence-corrected chi connectivity index (χ3v) is 7.19. The number of thioether (sulfide) groups is 1. The quantitative estimate of drug-likeness (QED) is 0.406. The number of carbonyl (C=O) groups is 2. The predicted octanol–water partition coefficient (Wildman–Crippen LogP) is 4.95. The Balaban J connectivity index is 1.72. The lowest BCUT2D eigenvalue weighted by molar-refractivity contribution is -0.117. The molecule has 1 aromatic heterocycles. The van der Waals surface area contributed by atoms with Gasteiger partial charge in [-0.3, -0.25) is 14.5 Å². The maximum absolute atomic E-state index is 13.6. The molecule has 3 aromatic rings. The van der Waals surface area contributed by atoms with Crippen LogP contribution in [0, 0.1) is 32.1 Å². The molecule has 0 spiro atoms. The van der Waals surface area contributed by atoms with Crippen molar-refractivity contribution in [1.82, 2.24) is 5.32 Å². The number of furan rings is 1. The molecule has 4 rings (SSSR count). The summed E-state index contributed by atoms with van der Waals surface area (Å²) < 4.78 is 5.27. The van der Waals surface area contributed by atoms with Crippen LogP contribution in [0.4, 0.5) is 5.69 Å². The van der Waals surface area contributed by atoms with Gasteiger partial charge in [0.05, 0.1) is 18.1 Å². The lowest BCUT2D eigenvalue weighted by atomic mass is 10.0. The average Bonchev–Trinajstić information content (AvgIpc) is 3.45. The minimum atomic E-state index is -0.542. The number of hydrogen-bond donors (Lipinski definition) is 1. The van der Waals surface area contributed by atoms with Crippen molar-refractivity contribution in [2.24, 2.45) is 0 Å². The van der Waals surface area contributed by atoms with E-state index in [-0.39, 0.29) is 18.0 Å². The molecule has 172 valence electrons. The number of aryl methyl sites for hydroxylation is 3. The van der Waals surface area contributed by atoms with E-state index in [1.54, 1.807) is 12.1 Å². The smallest absolute Gasteiger partial charge is 0.265 e. The fourth-order valence-electron chi connectivity index (χ4n) is 3.79. The number of nitriles is 1. The van der Waals surface area contributed by atoms with Gasteiger partial charge in [-0.1, -0.05) is 42.1 Å². The van der Waals surface area contributed by atoms with Crippen LogP contribution in [0.15, 0.2) is 75.9 Å². The number of carbonyl (C=O) groups excluding carboxylic acids is 2. The van der Waals surface area contributed by atoms with Crippen molar-refractivity contribution in [3.63, 3.8) is 0 Å². The highest BCUT2D eigenvalue weighted by atomic mass is 32.2. The van der Waals surface area contributed by atoms with Crippen LogP contribution in [-0.2, 0) is 22.6 Å². The maximum atomic E-state index is 13.6. The number of amides is 2. The van der Waals surface area contributed by atoms with Crippen LogP contribution in [0.1, 0.15) is 28.0 Å². The molecule has 34 heavy (non-hydrogen) atoms. The van der Waals surface area contributed by atoms with E-state index in [2.05, 4.69) is 5.32 Å². The molecule has 1 aliphatic heterocycles. The molecule has 0 bridgehead atoms. The molecule has 0 radical (unpaired) electrons. The zero-order valence-electron chi connectivity index (χ0n) is 19.3. The maximum Gasteiger partial charge on any atom is 0.265 e. The molecule has 1 unspecified atom stereocenters. The second kappa shape index (κ2) is 10.0. The van der Waals surface area contributed by atoms with Gasteiger partial charge < -0.3 is 9.73 Å². The number of benzene rings is 2. The average molecular weight is 472 g/mol. The first-order valence-corrected chi connectivity index (χ1v) is 11.8. The third-order valence-electron chi connectivity index (χ3n) is 5.92. The fraction of sp³-hybridized carbons (Fsp3) is 0.222. The van der Waals surface area contributed by atoms with E-state index in [0.717, 1.165) is 22.3 Å². The highest BCUT2D eigenvalue weighted by Crippen LogP contribution is 2.42. The minimum absolute atomic E-state index is 0.0876. The van der Waals surface area contributed by atoms with Gasteiger partial charge in [-0.05, 0) is 73.7 Å². The van der Waals surface area contributed by atoms with Gasteiger partial charge in [0, 0.05) is 5.69 Å². The second-order valence-electron chi connectivity index (χ2n) is 8.23. The van der Waals surface area contributed by atoms with E-state index in [4.69, 9.17) is 4.42 Å². The molecule has 0 saturated carbocycles. The summed E-state index contributed by atoms with van der Waals surface area (Å²) >= 11 is 1.27. The van der Waals surface area contributed by atoms with Crippen molar-refractivity contribution in [3.05, 3.63) is 99.5 Å². The minimum Gasteiger partial charge on any atom is -0.467 e. The monoisotopic (exact) mass is 471 g/mol. The normalized spacial score (nSPS) is 16.9. The zero-order valence-corrected chi connectivity index (χ0v) is 20.1. The SMILES string of the molecule is Cc1ccc(N2C(=O)C(Cc3ccccc3C)S/C2=C(/C#N)C(=O)NCc2ccco2)cc1C. The summed E-state index contributed by atoms with van der Waals surface area (Å²) in [5.41, 5.74) is 4.85. The van der Waals surface area contributed by atoms with E-state index >= 15 is 0 Å². The van der Waals surface area contributed by atoms with Crippen LogP contribution in [-0.4, -0.2) is 17.1 Å². The van der Waals surface area contributed by atoms with Crippen LogP contribution in [0.3, 0.4) is 0 Å². The van der Waals surface area contributed by atoms with Gasteiger partial charge in [0.25, 0.3) is 5.91 Å². The molecule has 1 fully saturated rings. The Kier molecular flexibility index (Phi) is 6.90. The molecule has 0 aliphatic carbocycles. The lowest BCUT2D eigenvalue weighted by Gasteiger charge is -2.20. The van der Waals surface area contributed by atoms with Gasteiger partial charge >= 0.3 is 0 Å². The molecular formula is C27H25N3O3S. The molecule has 2 amide bonds. The second-order valence-corrected chi connectivity index (χ2v) is 9.42. The van der Waals surface area contributed by atoms with Crippen LogP contribution in [0.25, 0.3) is 0 Å². The number of anilines is 1. The van der Waals surface area contributed by atoms with Crippen molar-refractivity contribution in [2.45, 2.75) is 39.0 Å². The Morgan fingerprint density at radius 3 is 2.56 bits per heavy atom. The zero-order chi connectivity index (χ0) is 24.2. The molecule has 2 heterocycles. The first-order chi connectivity index (χ1) is 16.4. The van der Waals surface area contributed by atoms with Crippen molar-refractivity contribution in [1.29, 1.82) is 5.26 Å². The third kappa shape index (κ3) is 4.78. The van der Waals surface area contributed by atoms with Crippen molar-refractivity contribution in [3.8, 4) is 6.07 Å². The van der Waals surface area contributed by atoms with E-state index in [1.807, 2.05) is 69.3 Å². The van der Waals surface area contributed by atoms with Crippen molar-refractivity contribution >= 4 is 29.3 Å². The Bertz CT molecular complexity index is 1300. The largest absolute Gasteiger partial charge is 0.467 e. The highest BCUT2D eigenvalue weighted by Gasteiger charge is 2.41. The highest BCUT2D eigenvalue weighted by molar-refractivity contribution is 8.05. The molecule has 6 nitrogen and oxygen atoms in total. The first kappa shape index (κ1) is 23.4. The molecule has 7 heteroatoms. The molecule has 2 aromatic carbocycles. The number of rotatable bonds is 6. The Morgan fingerprint density at radius 2 is 1.88 bits per heavy atom. The van der Waals surface area contributed by atoms with E-state index in [9.17, 15) is 14.9 Å². The van der Waals surface area contributed by atoms with Crippen molar-refractivity contribution in [2.75, 3.05) is 4.90 Å². The summed E-state index contributed by atoms with van der Waals surface area (Å²) in [6.07, 6.45) is 2.03. The fourth-order valence-corrected chi connectivity index (χ4v) is 5.09. The molecule has 1 N–H and O–H groups in total. The van der Waals surface area contributed by atoms with Crippen LogP contribution in [0.5, 0.6) is 0 Å². The Hall–Kier alpha value is -3.76. The summed E-state index contributed by atoms with van der Waals surface area (Å²) in [5, 5.41) is 12.6. The van der Waals surface area contributed by atoms with Gasteiger partial charge in [-0.25, -0.2) is 0 Å². The van der Waals surface area contributed by atoms with Crippen LogP contribution < -0.4 is 10.2 Å². The van der Waals surface area contributed by atoms with Crippen molar-refractivity contribution < 1.29 is 14.0 Å². The van der Waals surface area contributed by atoms with E-state index in [1.165, 1.54) is 22.9 Å².